The van der Waals surface area contributed by atoms with Gasteiger partial charge in [-0.15, -0.1) is 0 Å². The third-order valence-corrected chi connectivity index (χ3v) is 3.86. The lowest BCUT2D eigenvalue weighted by atomic mass is 10.1. The molecule has 7 nitrogen and oxygen atoms in total. The Hall–Kier alpha value is -2.93. The molecule has 0 unspecified atom stereocenters. The van der Waals surface area contributed by atoms with Crippen molar-refractivity contribution in [3.8, 4) is 0 Å². The fourth-order valence-corrected chi connectivity index (χ4v) is 2.58. The quantitative estimate of drug-likeness (QED) is 0.580. The number of fused-ring (bicyclic) bond motifs is 1. The van der Waals surface area contributed by atoms with Gasteiger partial charge in [-0.3, -0.25) is 19.3 Å². The van der Waals surface area contributed by atoms with Gasteiger partial charge in [-0.1, -0.05) is 17.7 Å². The first kappa shape index (κ1) is 15.9. The highest BCUT2D eigenvalue weighted by Gasteiger charge is 2.13. The molecule has 8 heteroatoms. The summed E-state index contributed by atoms with van der Waals surface area (Å²) in [6.45, 7) is 1.95. The molecule has 24 heavy (non-hydrogen) atoms. The van der Waals surface area contributed by atoms with Crippen LogP contribution >= 0.6 is 11.6 Å². The van der Waals surface area contributed by atoms with Crippen molar-refractivity contribution in [3.05, 3.63) is 79.3 Å². The van der Waals surface area contributed by atoms with Gasteiger partial charge in [0.15, 0.2) is 0 Å². The summed E-state index contributed by atoms with van der Waals surface area (Å²) in [6, 6.07) is 9.53. The Morgan fingerprint density at radius 2 is 2.12 bits per heavy atom. The minimum absolute atomic E-state index is 0.0428. The number of halogens is 1. The number of nitrogens with zero attached hydrogens (tertiary/aromatic N) is 3. The first-order valence-electron chi connectivity index (χ1n) is 7.11. The highest BCUT2D eigenvalue weighted by Crippen LogP contribution is 2.25. The van der Waals surface area contributed by atoms with Gasteiger partial charge < -0.3 is 5.32 Å². The minimum atomic E-state index is -0.426. The smallest absolute Gasteiger partial charge is 0.274 e. The second kappa shape index (κ2) is 6.29. The number of rotatable bonds is 4. The van der Waals surface area contributed by atoms with Gasteiger partial charge in [0.1, 0.15) is 5.65 Å². The number of nitro groups is 1. The van der Waals surface area contributed by atoms with Crippen LogP contribution in [-0.4, -0.2) is 14.3 Å². The largest absolute Gasteiger partial charge is 0.379 e. The number of pyridine rings is 1. The van der Waals surface area contributed by atoms with Gasteiger partial charge in [0.05, 0.1) is 22.2 Å². The van der Waals surface area contributed by atoms with E-state index >= 15 is 0 Å². The van der Waals surface area contributed by atoms with Crippen LogP contribution in [0.25, 0.3) is 5.65 Å². The van der Waals surface area contributed by atoms with E-state index in [2.05, 4.69) is 10.3 Å². The van der Waals surface area contributed by atoms with Crippen LogP contribution in [0.5, 0.6) is 0 Å². The third kappa shape index (κ3) is 3.07. The van der Waals surface area contributed by atoms with Crippen molar-refractivity contribution in [2.45, 2.75) is 13.5 Å². The van der Waals surface area contributed by atoms with E-state index < -0.39 is 4.92 Å². The molecule has 2 heterocycles. The van der Waals surface area contributed by atoms with Crippen molar-refractivity contribution in [2.24, 2.45) is 0 Å². The van der Waals surface area contributed by atoms with E-state index in [0.717, 1.165) is 0 Å². The fourth-order valence-electron chi connectivity index (χ4n) is 2.42. The maximum Gasteiger partial charge on any atom is 0.274 e. The highest BCUT2D eigenvalue weighted by atomic mass is 35.5. The van der Waals surface area contributed by atoms with Crippen molar-refractivity contribution in [1.82, 2.24) is 9.38 Å². The maximum absolute atomic E-state index is 12.1. The van der Waals surface area contributed by atoms with E-state index in [1.54, 1.807) is 31.2 Å². The van der Waals surface area contributed by atoms with Crippen molar-refractivity contribution in [3.63, 3.8) is 0 Å². The molecule has 1 N–H and O–H groups in total. The molecule has 0 saturated carbocycles. The summed E-state index contributed by atoms with van der Waals surface area (Å²) in [5, 5.41) is 14.5. The average Bonchev–Trinajstić information content (AvgIpc) is 2.54. The molecule has 122 valence electrons. The molecule has 0 bridgehead atoms. The van der Waals surface area contributed by atoms with Crippen LogP contribution < -0.4 is 10.9 Å². The molecule has 0 aliphatic heterocycles. The van der Waals surface area contributed by atoms with Crippen LogP contribution in [0.15, 0.2) is 47.4 Å². The van der Waals surface area contributed by atoms with Gasteiger partial charge in [0.25, 0.3) is 11.2 Å². The number of nitro benzene ring substituents is 1. The Morgan fingerprint density at radius 3 is 2.88 bits per heavy atom. The predicted molar refractivity (Wildman–Crippen MR) is 91.6 cm³/mol. The second-order valence-electron chi connectivity index (χ2n) is 5.22. The van der Waals surface area contributed by atoms with Crippen LogP contribution in [0.3, 0.4) is 0 Å². The molecule has 0 radical (unpaired) electrons. The van der Waals surface area contributed by atoms with Crippen molar-refractivity contribution < 1.29 is 4.92 Å². The van der Waals surface area contributed by atoms with Gasteiger partial charge >= 0.3 is 0 Å². The molecule has 3 rings (SSSR count). The second-order valence-corrected chi connectivity index (χ2v) is 5.66. The molecule has 0 saturated heterocycles. The molecule has 0 amide bonds. The standard InChI is InChI=1S/C16H13ClN4O3/c1-10-13(3-2-4-14(10)21(23)24)18-8-12-7-16(22)20-9-11(17)5-6-15(20)19-12/h2-7,9,18H,8H2,1H3. The van der Waals surface area contributed by atoms with Gasteiger partial charge in [0.2, 0.25) is 0 Å². The molecule has 0 fully saturated rings. The van der Waals surface area contributed by atoms with E-state index in [1.807, 2.05) is 0 Å². The van der Waals surface area contributed by atoms with Crippen LogP contribution in [0.4, 0.5) is 11.4 Å². The van der Waals surface area contributed by atoms with Crippen molar-refractivity contribution >= 4 is 28.6 Å². The zero-order valence-corrected chi connectivity index (χ0v) is 13.4. The summed E-state index contributed by atoms with van der Waals surface area (Å²) in [6.07, 6.45) is 1.51. The van der Waals surface area contributed by atoms with E-state index in [4.69, 9.17) is 11.6 Å². The monoisotopic (exact) mass is 344 g/mol. The van der Waals surface area contributed by atoms with Gasteiger partial charge in [0, 0.05) is 29.6 Å². The number of hydrogen-bond acceptors (Lipinski definition) is 5. The number of anilines is 1. The third-order valence-electron chi connectivity index (χ3n) is 3.64. The Bertz CT molecular complexity index is 1000. The van der Waals surface area contributed by atoms with Gasteiger partial charge in [-0.05, 0) is 25.1 Å². The molecule has 2 aromatic heterocycles. The number of nitrogens with one attached hydrogen (secondary N) is 1. The molecule has 0 spiro atoms. The number of hydrogen-bond donors (Lipinski definition) is 1. The summed E-state index contributed by atoms with van der Waals surface area (Å²) in [5.74, 6) is 0. The van der Waals surface area contributed by atoms with Crippen LogP contribution in [-0.2, 0) is 6.54 Å². The van der Waals surface area contributed by atoms with E-state index in [1.165, 1.54) is 22.7 Å². The summed E-state index contributed by atoms with van der Waals surface area (Å²) in [7, 11) is 0. The highest BCUT2D eigenvalue weighted by molar-refractivity contribution is 6.30. The lowest BCUT2D eigenvalue weighted by molar-refractivity contribution is -0.385. The number of aromatic nitrogens is 2. The lowest BCUT2D eigenvalue weighted by Crippen LogP contribution is -2.16. The van der Waals surface area contributed by atoms with Crippen molar-refractivity contribution in [2.75, 3.05) is 5.32 Å². The van der Waals surface area contributed by atoms with E-state index in [0.29, 0.717) is 27.6 Å². The molecule has 0 aliphatic carbocycles. The maximum atomic E-state index is 12.1. The Labute approximate surface area is 141 Å². The molecular weight excluding hydrogens is 332 g/mol. The van der Waals surface area contributed by atoms with E-state index in [9.17, 15) is 14.9 Å². The normalized spacial score (nSPS) is 10.8. The SMILES string of the molecule is Cc1c(NCc2cc(=O)n3cc(Cl)ccc3n2)cccc1[N+](=O)[O-]. The molecular formula is C16H13ClN4O3. The molecule has 3 aromatic rings. The summed E-state index contributed by atoms with van der Waals surface area (Å²) in [5.41, 5.74) is 1.98. The average molecular weight is 345 g/mol. The minimum Gasteiger partial charge on any atom is -0.379 e. The fraction of sp³-hybridized carbons (Fsp3) is 0.125. The van der Waals surface area contributed by atoms with Crippen molar-refractivity contribution in [1.29, 1.82) is 0 Å². The Morgan fingerprint density at radius 1 is 1.33 bits per heavy atom. The molecule has 0 aliphatic rings. The molecule has 1 aromatic carbocycles. The topological polar surface area (TPSA) is 89.5 Å². The van der Waals surface area contributed by atoms with Crippen LogP contribution in [0, 0.1) is 17.0 Å². The van der Waals surface area contributed by atoms with Crippen LogP contribution in [0.2, 0.25) is 5.02 Å². The zero-order chi connectivity index (χ0) is 17.3. The lowest BCUT2D eigenvalue weighted by Gasteiger charge is -2.10. The first-order chi connectivity index (χ1) is 11.5. The van der Waals surface area contributed by atoms with Gasteiger partial charge in [-0.25, -0.2) is 4.98 Å². The summed E-state index contributed by atoms with van der Waals surface area (Å²) < 4.78 is 1.37. The summed E-state index contributed by atoms with van der Waals surface area (Å²) >= 11 is 5.87. The zero-order valence-electron chi connectivity index (χ0n) is 12.7. The van der Waals surface area contributed by atoms with E-state index in [-0.39, 0.29) is 17.8 Å². The number of benzene rings is 1. The first-order valence-corrected chi connectivity index (χ1v) is 7.49. The molecule has 0 atom stereocenters. The Balaban J connectivity index is 1.89. The predicted octanol–water partition coefficient (Wildman–Crippen LogP) is 3.18. The summed E-state index contributed by atoms with van der Waals surface area (Å²) in [4.78, 5) is 27.1. The van der Waals surface area contributed by atoms with Crippen LogP contribution in [0.1, 0.15) is 11.3 Å². The Kier molecular flexibility index (Phi) is 4.18. The van der Waals surface area contributed by atoms with Gasteiger partial charge in [-0.2, -0.15) is 0 Å².